The van der Waals surface area contributed by atoms with Crippen molar-refractivity contribution in [1.29, 1.82) is 0 Å². The van der Waals surface area contributed by atoms with Gasteiger partial charge in [0.1, 0.15) is 11.2 Å². The number of thiophene rings is 1. The molecule has 2 aromatic heterocycles. The first-order valence-corrected chi connectivity index (χ1v) is 19.5. The Balaban J connectivity index is 1.10. The topological polar surface area (TPSA) is 16.4 Å². The average molecular weight is 720 g/mol. The molecule has 0 fully saturated rings. The number of furan rings is 1. The summed E-state index contributed by atoms with van der Waals surface area (Å²) in [6.07, 6.45) is 0. The molecule has 11 aromatic rings. The van der Waals surface area contributed by atoms with Gasteiger partial charge in [0.25, 0.3) is 0 Å². The number of benzene rings is 9. The summed E-state index contributed by atoms with van der Waals surface area (Å²) in [4.78, 5) is 2.41. The molecule has 2 heterocycles. The molecule has 9 aromatic carbocycles. The minimum absolute atomic E-state index is 0.886. The van der Waals surface area contributed by atoms with Gasteiger partial charge in [0.2, 0.25) is 0 Å². The van der Waals surface area contributed by atoms with Gasteiger partial charge in [-0.15, -0.1) is 11.3 Å². The summed E-state index contributed by atoms with van der Waals surface area (Å²) in [5.41, 5.74) is 12.0. The first-order valence-electron chi connectivity index (χ1n) is 18.7. The van der Waals surface area contributed by atoms with Gasteiger partial charge in [-0.25, -0.2) is 0 Å². The predicted molar refractivity (Wildman–Crippen MR) is 235 cm³/mol. The second kappa shape index (κ2) is 12.9. The highest BCUT2D eigenvalue weighted by molar-refractivity contribution is 7.25. The van der Waals surface area contributed by atoms with Crippen LogP contribution in [0.2, 0.25) is 0 Å². The van der Waals surface area contributed by atoms with Crippen molar-refractivity contribution in [3.8, 4) is 33.4 Å². The molecule has 11 rings (SSSR count). The molecule has 0 aliphatic heterocycles. The van der Waals surface area contributed by atoms with Crippen molar-refractivity contribution >= 4 is 81.3 Å². The summed E-state index contributed by atoms with van der Waals surface area (Å²) in [5.74, 6) is 0. The van der Waals surface area contributed by atoms with Crippen LogP contribution in [0.4, 0.5) is 17.1 Å². The number of rotatable bonds is 6. The number of hydrogen-bond donors (Lipinski definition) is 0. The summed E-state index contributed by atoms with van der Waals surface area (Å²) >= 11 is 1.85. The maximum absolute atomic E-state index is 6.39. The van der Waals surface area contributed by atoms with E-state index in [0.29, 0.717) is 0 Å². The van der Waals surface area contributed by atoms with Crippen LogP contribution in [0, 0.1) is 0 Å². The third-order valence-electron chi connectivity index (χ3n) is 10.9. The van der Waals surface area contributed by atoms with Gasteiger partial charge in [-0.2, -0.15) is 0 Å². The average Bonchev–Trinajstić information content (AvgIpc) is 3.82. The van der Waals surface area contributed by atoms with Crippen molar-refractivity contribution in [1.82, 2.24) is 0 Å². The number of anilines is 3. The standard InChI is InChI=1S/C52H33NOS/c1-2-18-41-34(12-1)13-11-22-42(41)37-15-10-17-40(31-37)53(39-16-9-14-35(30-39)36-27-29-52-47(32-36)46-21-5-8-25-51(46)55-52)48-23-6-3-19-43(48)38-26-28-45-44-20-4-7-24-49(44)54-50(45)33-38/h1-33H. The first-order chi connectivity index (χ1) is 27.2. The van der Waals surface area contributed by atoms with E-state index in [1.807, 2.05) is 23.5 Å². The van der Waals surface area contributed by atoms with Crippen molar-refractivity contribution in [2.75, 3.05) is 4.90 Å². The third kappa shape index (κ3) is 5.40. The van der Waals surface area contributed by atoms with Gasteiger partial charge in [0.15, 0.2) is 0 Å². The van der Waals surface area contributed by atoms with Crippen LogP contribution < -0.4 is 4.90 Å². The zero-order valence-electron chi connectivity index (χ0n) is 29.8. The van der Waals surface area contributed by atoms with Crippen molar-refractivity contribution in [3.63, 3.8) is 0 Å². The zero-order valence-corrected chi connectivity index (χ0v) is 30.6. The van der Waals surface area contributed by atoms with Crippen LogP contribution in [0.15, 0.2) is 205 Å². The minimum atomic E-state index is 0.886. The van der Waals surface area contributed by atoms with Gasteiger partial charge >= 0.3 is 0 Å². The van der Waals surface area contributed by atoms with Gasteiger partial charge in [-0.05, 0) is 105 Å². The number of para-hydroxylation sites is 2. The maximum Gasteiger partial charge on any atom is 0.136 e. The highest BCUT2D eigenvalue weighted by atomic mass is 32.1. The van der Waals surface area contributed by atoms with Gasteiger partial charge in [-0.3, -0.25) is 0 Å². The van der Waals surface area contributed by atoms with E-state index in [9.17, 15) is 0 Å². The van der Waals surface area contributed by atoms with E-state index in [4.69, 9.17) is 4.42 Å². The van der Waals surface area contributed by atoms with E-state index in [1.165, 1.54) is 53.2 Å². The number of hydrogen-bond acceptors (Lipinski definition) is 3. The molecule has 2 nitrogen and oxygen atoms in total. The molecule has 258 valence electrons. The largest absolute Gasteiger partial charge is 0.456 e. The number of nitrogens with zero attached hydrogens (tertiary/aromatic N) is 1. The molecule has 0 aliphatic rings. The molecule has 0 atom stereocenters. The van der Waals surface area contributed by atoms with Gasteiger partial charge in [-0.1, -0.05) is 133 Å². The first kappa shape index (κ1) is 31.6. The molecule has 0 N–H and O–H groups in total. The van der Waals surface area contributed by atoms with E-state index in [1.54, 1.807) is 0 Å². The summed E-state index contributed by atoms with van der Waals surface area (Å²) in [5, 5.41) is 7.34. The Morgan fingerprint density at radius 1 is 0.345 bits per heavy atom. The Bertz CT molecular complexity index is 3240. The predicted octanol–water partition coefficient (Wildman–Crippen LogP) is 15.6. The zero-order chi connectivity index (χ0) is 36.3. The molecular formula is C52H33NOS. The van der Waals surface area contributed by atoms with Gasteiger partial charge in [0, 0.05) is 47.9 Å². The van der Waals surface area contributed by atoms with E-state index in [0.717, 1.165) is 50.1 Å². The summed E-state index contributed by atoms with van der Waals surface area (Å²) in [7, 11) is 0. The van der Waals surface area contributed by atoms with Crippen LogP contribution in [0.1, 0.15) is 0 Å². The Kier molecular flexibility index (Phi) is 7.39. The van der Waals surface area contributed by atoms with Gasteiger partial charge in [0.05, 0.1) is 5.69 Å². The SMILES string of the molecule is c1cc(-c2ccc3sc4ccccc4c3c2)cc(N(c2cccc(-c3cccc4ccccc34)c2)c2ccccc2-c2ccc3c(c2)oc2ccccc23)c1. The molecule has 0 aliphatic carbocycles. The fraction of sp³-hybridized carbons (Fsp3) is 0. The fourth-order valence-electron chi connectivity index (χ4n) is 8.25. The smallest absolute Gasteiger partial charge is 0.136 e. The maximum atomic E-state index is 6.39. The Morgan fingerprint density at radius 3 is 1.85 bits per heavy atom. The molecular weight excluding hydrogens is 687 g/mol. The van der Waals surface area contributed by atoms with Crippen LogP contribution in [-0.2, 0) is 0 Å². The second-order valence-corrected chi connectivity index (χ2v) is 15.2. The molecule has 0 spiro atoms. The summed E-state index contributed by atoms with van der Waals surface area (Å²) in [6, 6.07) is 72.4. The molecule has 3 heteroatoms. The quantitative estimate of drug-likeness (QED) is 0.170. The van der Waals surface area contributed by atoms with E-state index in [2.05, 4.69) is 193 Å². The Labute approximate surface area is 322 Å². The van der Waals surface area contributed by atoms with Crippen LogP contribution in [0.5, 0.6) is 0 Å². The molecule has 0 radical (unpaired) electrons. The minimum Gasteiger partial charge on any atom is -0.456 e. The normalized spacial score (nSPS) is 11.6. The van der Waals surface area contributed by atoms with Crippen molar-refractivity contribution < 1.29 is 4.42 Å². The molecule has 0 amide bonds. The lowest BCUT2D eigenvalue weighted by Crippen LogP contribution is -2.11. The summed E-state index contributed by atoms with van der Waals surface area (Å²) in [6.45, 7) is 0. The molecule has 0 saturated heterocycles. The second-order valence-electron chi connectivity index (χ2n) is 14.1. The van der Waals surface area contributed by atoms with Crippen LogP contribution in [-0.4, -0.2) is 0 Å². The molecule has 0 bridgehead atoms. The number of fused-ring (bicyclic) bond motifs is 7. The Morgan fingerprint density at radius 2 is 0.945 bits per heavy atom. The van der Waals surface area contributed by atoms with Gasteiger partial charge < -0.3 is 9.32 Å². The van der Waals surface area contributed by atoms with Crippen molar-refractivity contribution in [2.24, 2.45) is 0 Å². The van der Waals surface area contributed by atoms with Crippen LogP contribution >= 0.6 is 11.3 Å². The van der Waals surface area contributed by atoms with E-state index in [-0.39, 0.29) is 0 Å². The molecule has 0 unspecified atom stereocenters. The highest BCUT2D eigenvalue weighted by Gasteiger charge is 2.20. The van der Waals surface area contributed by atoms with E-state index < -0.39 is 0 Å². The van der Waals surface area contributed by atoms with E-state index >= 15 is 0 Å². The van der Waals surface area contributed by atoms with Crippen molar-refractivity contribution in [3.05, 3.63) is 200 Å². The Hall–Kier alpha value is -6.94. The lowest BCUT2D eigenvalue weighted by Gasteiger charge is -2.29. The van der Waals surface area contributed by atoms with Crippen molar-refractivity contribution in [2.45, 2.75) is 0 Å². The lowest BCUT2D eigenvalue weighted by molar-refractivity contribution is 0.669. The van der Waals surface area contributed by atoms with Crippen LogP contribution in [0.25, 0.3) is 86.3 Å². The molecule has 0 saturated carbocycles. The monoisotopic (exact) mass is 719 g/mol. The highest BCUT2D eigenvalue weighted by Crippen LogP contribution is 2.45. The lowest BCUT2D eigenvalue weighted by atomic mass is 9.96. The molecule has 55 heavy (non-hydrogen) atoms. The van der Waals surface area contributed by atoms with Crippen LogP contribution in [0.3, 0.4) is 0 Å². The fourth-order valence-corrected chi connectivity index (χ4v) is 9.34. The third-order valence-corrected chi connectivity index (χ3v) is 12.0. The summed E-state index contributed by atoms with van der Waals surface area (Å²) < 4.78 is 9.01.